The van der Waals surface area contributed by atoms with E-state index in [2.05, 4.69) is 0 Å². The third kappa shape index (κ3) is 1.63. The Kier molecular flexibility index (Phi) is 1.30. The van der Waals surface area contributed by atoms with Gasteiger partial charge in [-0.25, -0.2) is 8.78 Å². The third-order valence-electron chi connectivity index (χ3n) is 1.90. The van der Waals surface area contributed by atoms with Crippen molar-refractivity contribution in [1.29, 1.82) is 0 Å². The maximum atomic E-state index is 12.4. The normalized spacial score (nSPS) is 30.7. The van der Waals surface area contributed by atoms with E-state index in [4.69, 9.17) is 0 Å². The van der Waals surface area contributed by atoms with Crippen molar-refractivity contribution in [2.45, 2.75) is 39.0 Å². The molecule has 54 valence electrons. The minimum atomic E-state index is -2.37. The standard InChI is InChI=1S/C7H12F2/c1-6(2)3-4-7(8,9)5-6/h3-5H2,1-2H3. The molecule has 0 nitrogen and oxygen atoms in total. The summed E-state index contributed by atoms with van der Waals surface area (Å²) in [7, 11) is 0. The Morgan fingerprint density at radius 1 is 1.11 bits per heavy atom. The maximum absolute atomic E-state index is 12.4. The smallest absolute Gasteiger partial charge is 0.207 e. The van der Waals surface area contributed by atoms with Crippen LogP contribution in [0.2, 0.25) is 0 Å². The second kappa shape index (κ2) is 1.68. The van der Waals surface area contributed by atoms with Crippen molar-refractivity contribution in [1.82, 2.24) is 0 Å². The summed E-state index contributed by atoms with van der Waals surface area (Å²) < 4.78 is 24.9. The van der Waals surface area contributed by atoms with Crippen LogP contribution in [-0.2, 0) is 0 Å². The molecule has 9 heavy (non-hydrogen) atoms. The Labute approximate surface area is 54.3 Å². The first-order valence-corrected chi connectivity index (χ1v) is 3.29. The summed E-state index contributed by atoms with van der Waals surface area (Å²) in [6.45, 7) is 3.79. The van der Waals surface area contributed by atoms with Crippen LogP contribution < -0.4 is 0 Å². The number of hydrogen-bond acceptors (Lipinski definition) is 0. The van der Waals surface area contributed by atoms with E-state index in [-0.39, 0.29) is 18.3 Å². The molecule has 0 heterocycles. The van der Waals surface area contributed by atoms with Crippen molar-refractivity contribution in [3.63, 3.8) is 0 Å². The molecule has 1 aliphatic carbocycles. The van der Waals surface area contributed by atoms with Gasteiger partial charge in [-0.2, -0.15) is 0 Å². The predicted octanol–water partition coefficient (Wildman–Crippen LogP) is 2.83. The second-order valence-corrected chi connectivity index (χ2v) is 3.70. The predicted molar refractivity (Wildman–Crippen MR) is 32.6 cm³/mol. The van der Waals surface area contributed by atoms with Crippen LogP contribution in [0.4, 0.5) is 8.78 Å². The molecule has 0 atom stereocenters. The highest BCUT2D eigenvalue weighted by molar-refractivity contribution is 4.86. The van der Waals surface area contributed by atoms with Gasteiger partial charge in [0.25, 0.3) is 0 Å². The summed E-state index contributed by atoms with van der Waals surface area (Å²) in [5, 5.41) is 0. The van der Waals surface area contributed by atoms with Crippen molar-refractivity contribution in [2.24, 2.45) is 5.41 Å². The summed E-state index contributed by atoms with van der Waals surface area (Å²) in [5.74, 6) is -2.37. The average molecular weight is 134 g/mol. The van der Waals surface area contributed by atoms with Crippen molar-refractivity contribution < 1.29 is 8.78 Å². The van der Waals surface area contributed by atoms with E-state index in [1.165, 1.54) is 0 Å². The van der Waals surface area contributed by atoms with Crippen molar-refractivity contribution in [2.75, 3.05) is 0 Å². The van der Waals surface area contributed by atoms with Crippen molar-refractivity contribution in [3.8, 4) is 0 Å². The lowest BCUT2D eigenvalue weighted by Gasteiger charge is -2.15. The van der Waals surface area contributed by atoms with Gasteiger partial charge in [0.2, 0.25) is 5.92 Å². The second-order valence-electron chi connectivity index (χ2n) is 3.70. The first kappa shape index (κ1) is 6.97. The number of rotatable bonds is 0. The Bertz CT molecular complexity index is 102. The summed E-state index contributed by atoms with van der Waals surface area (Å²) in [6, 6.07) is 0. The van der Waals surface area contributed by atoms with Crippen LogP contribution in [0, 0.1) is 5.41 Å². The van der Waals surface area contributed by atoms with Gasteiger partial charge >= 0.3 is 0 Å². The minimum Gasteiger partial charge on any atom is -0.207 e. The van der Waals surface area contributed by atoms with Gasteiger partial charge < -0.3 is 0 Å². The first-order chi connectivity index (χ1) is 3.91. The van der Waals surface area contributed by atoms with E-state index in [1.807, 2.05) is 13.8 Å². The van der Waals surface area contributed by atoms with Crippen molar-refractivity contribution >= 4 is 0 Å². The molecule has 0 amide bonds. The molecule has 1 aliphatic rings. The third-order valence-corrected chi connectivity index (χ3v) is 1.90. The summed E-state index contributed by atoms with van der Waals surface area (Å²) in [6.07, 6.45) is 0.819. The van der Waals surface area contributed by atoms with Gasteiger partial charge in [0.05, 0.1) is 0 Å². The number of hydrogen-bond donors (Lipinski definition) is 0. The maximum Gasteiger partial charge on any atom is 0.248 e. The van der Waals surface area contributed by atoms with Crippen LogP contribution in [0.1, 0.15) is 33.1 Å². The fraction of sp³-hybridized carbons (Fsp3) is 1.00. The molecule has 0 spiro atoms. The number of alkyl halides is 2. The zero-order valence-corrected chi connectivity index (χ0v) is 5.88. The molecule has 0 aromatic rings. The molecule has 1 rings (SSSR count). The van der Waals surface area contributed by atoms with E-state index in [0.717, 1.165) is 0 Å². The molecule has 0 radical (unpaired) electrons. The van der Waals surface area contributed by atoms with Gasteiger partial charge in [-0.1, -0.05) is 13.8 Å². The lowest BCUT2D eigenvalue weighted by molar-refractivity contribution is -0.000476. The highest BCUT2D eigenvalue weighted by atomic mass is 19.3. The lowest BCUT2D eigenvalue weighted by Crippen LogP contribution is -2.13. The molecule has 2 heteroatoms. The van der Waals surface area contributed by atoms with Gasteiger partial charge in [0.1, 0.15) is 0 Å². The van der Waals surface area contributed by atoms with Crippen LogP contribution in [-0.4, -0.2) is 5.92 Å². The van der Waals surface area contributed by atoms with E-state index >= 15 is 0 Å². The molecular weight excluding hydrogens is 122 g/mol. The SMILES string of the molecule is CC1(C)CCC(F)(F)C1. The Morgan fingerprint density at radius 3 is 1.78 bits per heavy atom. The minimum absolute atomic E-state index is 0.0694. The molecule has 0 bridgehead atoms. The summed E-state index contributed by atoms with van der Waals surface area (Å²) >= 11 is 0. The molecule has 0 N–H and O–H groups in total. The van der Waals surface area contributed by atoms with Gasteiger partial charge in [0.15, 0.2) is 0 Å². The molecule has 0 aromatic carbocycles. The Morgan fingerprint density at radius 2 is 1.67 bits per heavy atom. The topological polar surface area (TPSA) is 0 Å². The fourth-order valence-corrected chi connectivity index (χ4v) is 1.40. The van der Waals surface area contributed by atoms with E-state index < -0.39 is 5.92 Å². The summed E-state index contributed by atoms with van der Waals surface area (Å²) in [4.78, 5) is 0. The van der Waals surface area contributed by atoms with E-state index in [9.17, 15) is 8.78 Å². The van der Waals surface area contributed by atoms with E-state index in [1.54, 1.807) is 0 Å². The molecule has 0 saturated heterocycles. The Hall–Kier alpha value is -0.140. The van der Waals surface area contributed by atoms with Gasteiger partial charge in [-0.3, -0.25) is 0 Å². The van der Waals surface area contributed by atoms with E-state index in [0.29, 0.717) is 6.42 Å². The lowest BCUT2D eigenvalue weighted by atomic mass is 9.92. The van der Waals surface area contributed by atoms with Crippen LogP contribution in [0.5, 0.6) is 0 Å². The largest absolute Gasteiger partial charge is 0.248 e. The van der Waals surface area contributed by atoms with Gasteiger partial charge in [-0.15, -0.1) is 0 Å². The van der Waals surface area contributed by atoms with Crippen LogP contribution in [0.25, 0.3) is 0 Å². The quantitative estimate of drug-likeness (QED) is 0.478. The van der Waals surface area contributed by atoms with Crippen LogP contribution in [0.3, 0.4) is 0 Å². The fourth-order valence-electron chi connectivity index (χ4n) is 1.40. The highest BCUT2D eigenvalue weighted by Crippen LogP contribution is 2.46. The highest BCUT2D eigenvalue weighted by Gasteiger charge is 2.43. The average Bonchev–Trinajstić information content (AvgIpc) is 1.78. The monoisotopic (exact) mass is 134 g/mol. The molecule has 0 unspecified atom stereocenters. The summed E-state index contributed by atoms with van der Waals surface area (Å²) in [5.41, 5.74) is -0.122. The van der Waals surface area contributed by atoms with Gasteiger partial charge in [-0.05, 0) is 11.8 Å². The first-order valence-electron chi connectivity index (χ1n) is 3.29. The number of halogens is 2. The zero-order valence-electron chi connectivity index (χ0n) is 5.88. The molecule has 1 saturated carbocycles. The molecular formula is C7H12F2. The molecule has 0 aromatic heterocycles. The van der Waals surface area contributed by atoms with Crippen molar-refractivity contribution in [3.05, 3.63) is 0 Å². The zero-order chi connectivity index (χ0) is 7.12. The van der Waals surface area contributed by atoms with Crippen LogP contribution in [0.15, 0.2) is 0 Å². The molecule has 1 fully saturated rings. The van der Waals surface area contributed by atoms with Gasteiger partial charge in [0, 0.05) is 12.8 Å². The molecule has 0 aliphatic heterocycles. The van der Waals surface area contributed by atoms with Crippen LogP contribution >= 0.6 is 0 Å². The Balaban J connectivity index is 2.58.